The Labute approximate surface area is 104 Å². The lowest BCUT2D eigenvalue weighted by molar-refractivity contribution is -0.165. The van der Waals surface area contributed by atoms with Gasteiger partial charge in [-0.15, -0.1) is 0 Å². The fourth-order valence-electron chi connectivity index (χ4n) is 2.35. The van der Waals surface area contributed by atoms with Crippen LogP contribution in [0.2, 0.25) is 0 Å². The van der Waals surface area contributed by atoms with Gasteiger partial charge in [-0.25, -0.2) is 0 Å². The summed E-state index contributed by atoms with van der Waals surface area (Å²) in [6, 6.07) is 0. The number of esters is 1. The van der Waals surface area contributed by atoms with Gasteiger partial charge in [-0.1, -0.05) is 13.3 Å². The van der Waals surface area contributed by atoms with Crippen molar-refractivity contribution in [3.8, 4) is 0 Å². The highest BCUT2D eigenvalue weighted by atomic mass is 16.6. The van der Waals surface area contributed by atoms with Gasteiger partial charge in [-0.05, 0) is 27.2 Å². The van der Waals surface area contributed by atoms with Crippen LogP contribution < -0.4 is 5.73 Å². The van der Waals surface area contributed by atoms with E-state index in [1.165, 1.54) is 0 Å². The van der Waals surface area contributed by atoms with Crippen LogP contribution in [0.3, 0.4) is 0 Å². The Kier molecular flexibility index (Phi) is 4.95. The first-order valence-corrected chi connectivity index (χ1v) is 6.50. The van der Waals surface area contributed by atoms with Crippen molar-refractivity contribution in [2.45, 2.75) is 77.2 Å². The molecule has 0 aliphatic carbocycles. The molecule has 17 heavy (non-hydrogen) atoms. The number of carbonyl (C=O) groups is 1. The summed E-state index contributed by atoms with van der Waals surface area (Å²) in [5.74, 6) is -0.286. The molecule has 0 radical (unpaired) electrons. The minimum absolute atomic E-state index is 0.0546. The molecule has 0 aromatic rings. The number of hydrogen-bond acceptors (Lipinski definition) is 4. The fraction of sp³-hybridized carbons (Fsp3) is 0.923. The van der Waals surface area contributed by atoms with E-state index in [4.69, 9.17) is 15.2 Å². The molecule has 0 bridgehead atoms. The molecule has 0 aromatic heterocycles. The zero-order valence-corrected chi connectivity index (χ0v) is 11.4. The molecule has 3 atom stereocenters. The summed E-state index contributed by atoms with van der Waals surface area (Å²) in [7, 11) is 0. The van der Waals surface area contributed by atoms with E-state index in [0.717, 1.165) is 19.3 Å². The first-order valence-electron chi connectivity index (χ1n) is 6.50. The van der Waals surface area contributed by atoms with E-state index >= 15 is 0 Å². The number of rotatable bonds is 4. The molecule has 1 heterocycles. The number of hydrogen-bond donors (Lipinski definition) is 1. The first-order chi connectivity index (χ1) is 7.85. The summed E-state index contributed by atoms with van der Waals surface area (Å²) < 4.78 is 11.1. The predicted octanol–water partition coefficient (Wildman–Crippen LogP) is 2.00. The molecule has 2 N–H and O–H groups in total. The monoisotopic (exact) mass is 243 g/mol. The van der Waals surface area contributed by atoms with Crippen molar-refractivity contribution < 1.29 is 14.3 Å². The molecule has 1 rings (SSSR count). The van der Waals surface area contributed by atoms with Gasteiger partial charge < -0.3 is 15.2 Å². The molecule has 0 amide bonds. The van der Waals surface area contributed by atoms with Gasteiger partial charge in [0.25, 0.3) is 0 Å². The van der Waals surface area contributed by atoms with Crippen LogP contribution in [-0.2, 0) is 14.3 Å². The van der Waals surface area contributed by atoms with Crippen LogP contribution in [0, 0.1) is 0 Å². The Bertz CT molecular complexity index is 255. The lowest BCUT2D eigenvalue weighted by Gasteiger charge is -2.33. The van der Waals surface area contributed by atoms with E-state index in [0.29, 0.717) is 6.42 Å². The van der Waals surface area contributed by atoms with Crippen molar-refractivity contribution in [2.75, 3.05) is 0 Å². The first kappa shape index (κ1) is 14.5. The van der Waals surface area contributed by atoms with Crippen LogP contribution in [0.1, 0.15) is 53.4 Å². The van der Waals surface area contributed by atoms with E-state index in [9.17, 15) is 4.79 Å². The van der Waals surface area contributed by atoms with Crippen molar-refractivity contribution in [2.24, 2.45) is 5.73 Å². The molecule has 100 valence electrons. The summed E-state index contributed by atoms with van der Waals surface area (Å²) in [5, 5.41) is 0. The van der Waals surface area contributed by atoms with Crippen LogP contribution in [0.4, 0.5) is 0 Å². The van der Waals surface area contributed by atoms with E-state index < -0.39 is 5.54 Å². The van der Waals surface area contributed by atoms with E-state index in [2.05, 4.69) is 0 Å². The highest BCUT2D eigenvalue weighted by molar-refractivity contribution is 5.80. The highest BCUT2D eigenvalue weighted by Gasteiger charge is 2.34. The predicted molar refractivity (Wildman–Crippen MR) is 66.6 cm³/mol. The molecule has 3 unspecified atom stereocenters. The van der Waals surface area contributed by atoms with E-state index in [1.54, 1.807) is 6.92 Å². The summed E-state index contributed by atoms with van der Waals surface area (Å²) in [5.41, 5.74) is 5.09. The van der Waals surface area contributed by atoms with Crippen LogP contribution in [-0.4, -0.2) is 29.8 Å². The molecular weight excluding hydrogens is 218 g/mol. The number of nitrogens with two attached hydrogens (primary N) is 1. The average molecular weight is 243 g/mol. The van der Waals surface area contributed by atoms with Crippen molar-refractivity contribution in [1.82, 2.24) is 0 Å². The second kappa shape index (κ2) is 5.83. The van der Waals surface area contributed by atoms with Crippen LogP contribution in [0.15, 0.2) is 0 Å². The van der Waals surface area contributed by atoms with Gasteiger partial charge in [-0.3, -0.25) is 4.79 Å². The molecule has 1 aliphatic rings. The summed E-state index contributed by atoms with van der Waals surface area (Å²) in [6.45, 7) is 7.76. The molecular formula is C13H25NO3. The summed E-state index contributed by atoms with van der Waals surface area (Å²) in [6.07, 6.45) is 3.29. The highest BCUT2D eigenvalue weighted by Crippen LogP contribution is 2.23. The van der Waals surface area contributed by atoms with Gasteiger partial charge in [0.2, 0.25) is 0 Å². The SMILES string of the molecule is CCCC(C)(N)C(=O)OC1CC(C)OC(C)C1. The molecule has 1 fully saturated rings. The smallest absolute Gasteiger partial charge is 0.326 e. The summed E-state index contributed by atoms with van der Waals surface area (Å²) in [4.78, 5) is 11.9. The maximum Gasteiger partial charge on any atom is 0.326 e. The Hall–Kier alpha value is -0.610. The molecule has 0 saturated carbocycles. The van der Waals surface area contributed by atoms with Crippen molar-refractivity contribution in [3.05, 3.63) is 0 Å². The minimum Gasteiger partial charge on any atom is -0.461 e. The van der Waals surface area contributed by atoms with Crippen molar-refractivity contribution in [3.63, 3.8) is 0 Å². The summed E-state index contributed by atoms with van der Waals surface area (Å²) >= 11 is 0. The molecule has 1 aliphatic heterocycles. The van der Waals surface area contributed by atoms with Crippen LogP contribution >= 0.6 is 0 Å². The van der Waals surface area contributed by atoms with Crippen molar-refractivity contribution >= 4 is 5.97 Å². The maximum absolute atomic E-state index is 11.9. The van der Waals surface area contributed by atoms with Gasteiger partial charge in [0, 0.05) is 12.8 Å². The maximum atomic E-state index is 11.9. The molecule has 0 spiro atoms. The number of carbonyl (C=O) groups excluding carboxylic acids is 1. The van der Waals surface area contributed by atoms with Gasteiger partial charge in [0.05, 0.1) is 12.2 Å². The normalized spacial score (nSPS) is 32.9. The Morgan fingerprint density at radius 3 is 2.41 bits per heavy atom. The topological polar surface area (TPSA) is 61.6 Å². The lowest BCUT2D eigenvalue weighted by Crippen LogP contribution is -2.48. The second-order valence-corrected chi connectivity index (χ2v) is 5.42. The van der Waals surface area contributed by atoms with Gasteiger partial charge in [0.1, 0.15) is 11.6 Å². The Morgan fingerprint density at radius 1 is 1.41 bits per heavy atom. The number of ether oxygens (including phenoxy) is 2. The van der Waals surface area contributed by atoms with Crippen LogP contribution in [0.25, 0.3) is 0 Å². The molecule has 4 nitrogen and oxygen atoms in total. The third-order valence-electron chi connectivity index (χ3n) is 3.16. The van der Waals surface area contributed by atoms with E-state index in [-0.39, 0.29) is 24.3 Å². The quantitative estimate of drug-likeness (QED) is 0.767. The van der Waals surface area contributed by atoms with Crippen molar-refractivity contribution in [1.29, 1.82) is 0 Å². The minimum atomic E-state index is -0.862. The Balaban J connectivity index is 2.50. The molecule has 1 saturated heterocycles. The standard InChI is InChI=1S/C13H25NO3/c1-5-6-13(4,14)12(15)17-11-7-9(2)16-10(3)8-11/h9-11H,5-8,14H2,1-4H3. The third kappa shape index (κ3) is 4.28. The van der Waals surface area contributed by atoms with Crippen LogP contribution in [0.5, 0.6) is 0 Å². The third-order valence-corrected chi connectivity index (χ3v) is 3.16. The zero-order valence-electron chi connectivity index (χ0n) is 11.4. The molecule has 0 aromatic carbocycles. The van der Waals surface area contributed by atoms with Gasteiger partial charge in [-0.2, -0.15) is 0 Å². The largest absolute Gasteiger partial charge is 0.461 e. The van der Waals surface area contributed by atoms with Gasteiger partial charge in [0.15, 0.2) is 0 Å². The molecule has 4 heteroatoms. The average Bonchev–Trinajstić information content (AvgIpc) is 2.15. The lowest BCUT2D eigenvalue weighted by atomic mass is 9.97. The van der Waals surface area contributed by atoms with E-state index in [1.807, 2.05) is 20.8 Å². The van der Waals surface area contributed by atoms with Gasteiger partial charge >= 0.3 is 5.97 Å². The zero-order chi connectivity index (χ0) is 13.1. The Morgan fingerprint density at radius 2 is 1.94 bits per heavy atom. The fourth-order valence-corrected chi connectivity index (χ4v) is 2.35. The second-order valence-electron chi connectivity index (χ2n) is 5.42.